The quantitative estimate of drug-likeness (QED) is 0.705. The van der Waals surface area contributed by atoms with Gasteiger partial charge in [0.1, 0.15) is 10.6 Å². The zero-order valence-corrected chi connectivity index (χ0v) is 17.1. The van der Waals surface area contributed by atoms with Gasteiger partial charge in [-0.2, -0.15) is 0 Å². The molecule has 2 rings (SSSR count). The number of hydrogen-bond donors (Lipinski definition) is 2. The SMILES string of the molecule is COc1ccc(NS(=O)(=O)c2cc(C(=O)NCC(=O)N(C)C)ccc2Cl)cc1. The maximum absolute atomic E-state index is 12.7. The predicted molar refractivity (Wildman–Crippen MR) is 106 cm³/mol. The van der Waals surface area contributed by atoms with E-state index < -0.39 is 15.9 Å². The summed E-state index contributed by atoms with van der Waals surface area (Å²) in [6, 6.07) is 10.1. The first kappa shape index (κ1) is 21.5. The molecule has 0 fully saturated rings. The molecule has 0 aromatic heterocycles. The first-order valence-electron chi connectivity index (χ1n) is 8.09. The summed E-state index contributed by atoms with van der Waals surface area (Å²) in [5.41, 5.74) is 0.370. The molecule has 0 bridgehead atoms. The topological polar surface area (TPSA) is 105 Å². The van der Waals surface area contributed by atoms with Crippen LogP contribution in [0.2, 0.25) is 5.02 Å². The third-order valence-electron chi connectivity index (χ3n) is 3.72. The van der Waals surface area contributed by atoms with E-state index in [4.69, 9.17) is 16.3 Å². The minimum atomic E-state index is -4.04. The van der Waals surface area contributed by atoms with Crippen molar-refractivity contribution in [3.63, 3.8) is 0 Å². The van der Waals surface area contributed by atoms with Crippen molar-refractivity contribution < 1.29 is 22.7 Å². The number of carbonyl (C=O) groups excluding carboxylic acids is 2. The van der Waals surface area contributed by atoms with Gasteiger partial charge in [-0.3, -0.25) is 14.3 Å². The second-order valence-corrected chi connectivity index (χ2v) is 8.01. The van der Waals surface area contributed by atoms with E-state index in [-0.39, 0.29) is 27.9 Å². The van der Waals surface area contributed by atoms with E-state index in [9.17, 15) is 18.0 Å². The summed E-state index contributed by atoms with van der Waals surface area (Å²) in [6.07, 6.45) is 0. The highest BCUT2D eigenvalue weighted by molar-refractivity contribution is 7.92. The third kappa shape index (κ3) is 5.37. The number of benzene rings is 2. The van der Waals surface area contributed by atoms with Gasteiger partial charge in [-0.15, -0.1) is 0 Å². The van der Waals surface area contributed by atoms with Gasteiger partial charge in [-0.1, -0.05) is 11.6 Å². The van der Waals surface area contributed by atoms with Crippen LogP contribution < -0.4 is 14.8 Å². The van der Waals surface area contributed by atoms with Crippen LogP contribution in [0, 0.1) is 0 Å². The molecule has 28 heavy (non-hydrogen) atoms. The number of methoxy groups -OCH3 is 1. The molecule has 0 radical (unpaired) electrons. The molecule has 2 aromatic rings. The molecular weight excluding hydrogens is 406 g/mol. The van der Waals surface area contributed by atoms with Crippen molar-refractivity contribution in [1.29, 1.82) is 0 Å². The van der Waals surface area contributed by atoms with E-state index in [0.717, 1.165) is 6.07 Å². The Hall–Kier alpha value is -2.78. The minimum Gasteiger partial charge on any atom is -0.497 e. The van der Waals surface area contributed by atoms with Gasteiger partial charge in [0.05, 0.1) is 18.7 Å². The van der Waals surface area contributed by atoms with Gasteiger partial charge >= 0.3 is 0 Å². The second kappa shape index (κ2) is 8.94. The van der Waals surface area contributed by atoms with Gasteiger partial charge < -0.3 is 15.0 Å². The Kier molecular flexibility index (Phi) is 6.87. The first-order valence-corrected chi connectivity index (χ1v) is 9.95. The molecule has 0 atom stereocenters. The van der Waals surface area contributed by atoms with Crippen LogP contribution in [0.25, 0.3) is 0 Å². The lowest BCUT2D eigenvalue weighted by molar-refractivity contribution is -0.127. The lowest BCUT2D eigenvalue weighted by Gasteiger charge is -2.13. The molecule has 10 heteroatoms. The Balaban J connectivity index is 2.22. The molecule has 8 nitrogen and oxygen atoms in total. The molecule has 0 aliphatic carbocycles. The summed E-state index contributed by atoms with van der Waals surface area (Å²) in [5.74, 6) is -0.309. The van der Waals surface area contributed by atoms with Crippen LogP contribution in [0.4, 0.5) is 5.69 Å². The number of likely N-dealkylation sites (N-methyl/N-ethyl adjacent to an activating group) is 1. The average Bonchev–Trinajstić information content (AvgIpc) is 2.66. The van der Waals surface area contributed by atoms with Crippen molar-refractivity contribution in [3.8, 4) is 5.75 Å². The van der Waals surface area contributed by atoms with E-state index in [1.165, 1.54) is 36.3 Å². The van der Waals surface area contributed by atoms with E-state index in [0.29, 0.717) is 11.4 Å². The van der Waals surface area contributed by atoms with Crippen molar-refractivity contribution >= 4 is 39.1 Å². The van der Waals surface area contributed by atoms with Gasteiger partial charge in [0, 0.05) is 25.3 Å². The number of carbonyl (C=O) groups is 2. The maximum Gasteiger partial charge on any atom is 0.263 e. The summed E-state index contributed by atoms with van der Waals surface area (Å²) >= 11 is 6.04. The van der Waals surface area contributed by atoms with E-state index >= 15 is 0 Å². The smallest absolute Gasteiger partial charge is 0.263 e. The standard InChI is InChI=1S/C18H20ClN3O5S/c1-22(2)17(23)11-20-18(24)12-4-9-15(19)16(10-12)28(25,26)21-13-5-7-14(27-3)8-6-13/h4-10,21H,11H2,1-3H3,(H,20,24). The second-order valence-electron chi connectivity index (χ2n) is 5.95. The van der Waals surface area contributed by atoms with Crippen LogP contribution in [0.3, 0.4) is 0 Å². The number of sulfonamides is 1. The fourth-order valence-corrected chi connectivity index (χ4v) is 3.72. The zero-order chi connectivity index (χ0) is 20.9. The third-order valence-corrected chi connectivity index (χ3v) is 5.59. The number of halogens is 1. The van der Waals surface area contributed by atoms with E-state index in [1.54, 1.807) is 26.2 Å². The highest BCUT2D eigenvalue weighted by Gasteiger charge is 2.21. The summed E-state index contributed by atoms with van der Waals surface area (Å²) in [6.45, 7) is -0.208. The summed E-state index contributed by atoms with van der Waals surface area (Å²) < 4.78 is 32.8. The molecular formula is C18H20ClN3O5S. The number of anilines is 1. The van der Waals surface area contributed by atoms with Crippen LogP contribution in [0.15, 0.2) is 47.4 Å². The highest BCUT2D eigenvalue weighted by atomic mass is 35.5. The van der Waals surface area contributed by atoms with Crippen molar-refractivity contribution in [3.05, 3.63) is 53.1 Å². The van der Waals surface area contributed by atoms with E-state index in [2.05, 4.69) is 10.0 Å². The van der Waals surface area contributed by atoms with Gasteiger partial charge in [-0.25, -0.2) is 8.42 Å². The molecule has 150 valence electrons. The highest BCUT2D eigenvalue weighted by Crippen LogP contribution is 2.26. The Morgan fingerprint density at radius 2 is 1.75 bits per heavy atom. The monoisotopic (exact) mass is 425 g/mol. The fraction of sp³-hybridized carbons (Fsp3) is 0.222. The molecule has 2 amide bonds. The van der Waals surface area contributed by atoms with Gasteiger partial charge in [0.25, 0.3) is 15.9 Å². The summed E-state index contributed by atoms with van der Waals surface area (Å²) in [5, 5.41) is 2.40. The van der Waals surface area contributed by atoms with Crippen LogP contribution in [0.5, 0.6) is 5.75 Å². The molecule has 2 aromatic carbocycles. The Labute approximate surface area is 168 Å². The molecule has 2 N–H and O–H groups in total. The minimum absolute atomic E-state index is 0.0399. The number of nitrogens with zero attached hydrogens (tertiary/aromatic N) is 1. The van der Waals surface area contributed by atoms with Crippen LogP contribution in [-0.4, -0.2) is 52.9 Å². The molecule has 0 aliphatic heterocycles. The Morgan fingerprint density at radius 3 is 2.32 bits per heavy atom. The average molecular weight is 426 g/mol. The Morgan fingerprint density at radius 1 is 1.11 bits per heavy atom. The molecule has 0 unspecified atom stereocenters. The van der Waals surface area contributed by atoms with Crippen LogP contribution >= 0.6 is 11.6 Å². The van der Waals surface area contributed by atoms with Crippen molar-refractivity contribution in [2.45, 2.75) is 4.90 Å². The summed E-state index contributed by atoms with van der Waals surface area (Å²) in [7, 11) is 0.583. The number of amides is 2. The largest absolute Gasteiger partial charge is 0.497 e. The summed E-state index contributed by atoms with van der Waals surface area (Å²) in [4.78, 5) is 24.9. The molecule has 0 spiro atoms. The van der Waals surface area contributed by atoms with E-state index in [1.807, 2.05) is 0 Å². The van der Waals surface area contributed by atoms with Crippen molar-refractivity contribution in [2.24, 2.45) is 0 Å². The Bertz CT molecular complexity index is 975. The molecule has 0 heterocycles. The number of hydrogen-bond acceptors (Lipinski definition) is 5. The zero-order valence-electron chi connectivity index (χ0n) is 15.5. The fourth-order valence-electron chi connectivity index (χ4n) is 2.14. The molecule has 0 saturated heterocycles. The van der Waals surface area contributed by atoms with Crippen LogP contribution in [-0.2, 0) is 14.8 Å². The predicted octanol–water partition coefficient (Wildman–Crippen LogP) is 1.97. The van der Waals surface area contributed by atoms with Gasteiger partial charge in [0.15, 0.2) is 0 Å². The molecule has 0 aliphatic rings. The lowest BCUT2D eigenvalue weighted by atomic mass is 10.2. The van der Waals surface area contributed by atoms with Gasteiger partial charge in [0.2, 0.25) is 5.91 Å². The number of rotatable bonds is 7. The van der Waals surface area contributed by atoms with Gasteiger partial charge in [-0.05, 0) is 42.5 Å². The van der Waals surface area contributed by atoms with Crippen molar-refractivity contribution in [1.82, 2.24) is 10.2 Å². The number of nitrogens with one attached hydrogen (secondary N) is 2. The van der Waals surface area contributed by atoms with Crippen molar-refractivity contribution in [2.75, 3.05) is 32.5 Å². The maximum atomic E-state index is 12.7. The first-order chi connectivity index (χ1) is 13.1. The van der Waals surface area contributed by atoms with Crippen LogP contribution in [0.1, 0.15) is 10.4 Å². The lowest BCUT2D eigenvalue weighted by Crippen LogP contribution is -2.36. The number of ether oxygens (including phenoxy) is 1. The normalized spacial score (nSPS) is 10.9. The molecule has 0 saturated carbocycles.